The van der Waals surface area contributed by atoms with Crippen LogP contribution >= 0.6 is 0 Å². The summed E-state index contributed by atoms with van der Waals surface area (Å²) in [4.78, 5) is 12.6. The highest BCUT2D eigenvalue weighted by Crippen LogP contribution is 2.35. The molecule has 0 aromatic heterocycles. The van der Waals surface area contributed by atoms with E-state index in [1.165, 1.54) is 0 Å². The minimum atomic E-state index is -0.143. The van der Waals surface area contributed by atoms with Crippen LogP contribution in [0.1, 0.15) is 37.2 Å². The molecular weight excluding hydrogens is 308 g/mol. The molecule has 3 aliphatic rings. The lowest BCUT2D eigenvalue weighted by atomic mass is 9.85. The number of hydrogen-bond donors (Lipinski definition) is 4. The van der Waals surface area contributed by atoms with Gasteiger partial charge in [-0.05, 0) is 37.0 Å². The number of carbonyl (C=O) groups is 1. The van der Waals surface area contributed by atoms with E-state index in [0.29, 0.717) is 0 Å². The minimum absolute atomic E-state index is 0.0218. The number of fused-ring (bicyclic) bond motifs is 1. The van der Waals surface area contributed by atoms with Gasteiger partial charge in [-0.25, -0.2) is 5.43 Å². The summed E-state index contributed by atoms with van der Waals surface area (Å²) in [6.45, 7) is 1.01. The molecule has 24 heavy (non-hydrogen) atoms. The van der Waals surface area contributed by atoms with Crippen molar-refractivity contribution in [1.29, 1.82) is 0 Å². The Bertz CT molecular complexity index is 624. The van der Waals surface area contributed by atoms with E-state index < -0.39 is 0 Å². The Morgan fingerprint density at radius 3 is 3.00 bits per heavy atom. The summed E-state index contributed by atoms with van der Waals surface area (Å²) in [5.41, 5.74) is 13.4. The number of nitrogens with one attached hydrogen (secondary N) is 3. The molecule has 7 nitrogen and oxygen atoms in total. The molecule has 0 bridgehead atoms. The van der Waals surface area contributed by atoms with Gasteiger partial charge in [-0.1, -0.05) is 12.5 Å². The van der Waals surface area contributed by atoms with Crippen molar-refractivity contribution in [1.82, 2.24) is 16.2 Å². The monoisotopic (exact) mass is 332 g/mol. The van der Waals surface area contributed by atoms with Gasteiger partial charge < -0.3 is 20.5 Å². The van der Waals surface area contributed by atoms with Gasteiger partial charge in [-0.15, -0.1) is 0 Å². The van der Waals surface area contributed by atoms with E-state index >= 15 is 0 Å². The number of hydrogen-bond acceptors (Lipinski definition) is 6. The molecule has 4 unspecified atom stereocenters. The lowest BCUT2D eigenvalue weighted by Gasteiger charge is -2.28. The molecular formula is C17H24N4O3. The molecule has 1 saturated carbocycles. The van der Waals surface area contributed by atoms with Crippen LogP contribution in [0.3, 0.4) is 0 Å². The zero-order chi connectivity index (χ0) is 16.5. The number of benzene rings is 1. The molecule has 1 aromatic carbocycles. The quantitative estimate of drug-likeness (QED) is 0.646. The molecule has 1 amide bonds. The van der Waals surface area contributed by atoms with Gasteiger partial charge >= 0.3 is 0 Å². The number of amides is 1. The third-order valence-electron chi connectivity index (χ3n) is 5.19. The summed E-state index contributed by atoms with van der Waals surface area (Å²) in [6.07, 6.45) is 3.61. The summed E-state index contributed by atoms with van der Waals surface area (Å²) in [5, 5.41) is 3.15. The Morgan fingerprint density at radius 1 is 1.25 bits per heavy atom. The number of nitrogens with two attached hydrogens (primary N) is 1. The molecule has 1 saturated heterocycles. The van der Waals surface area contributed by atoms with Crippen LogP contribution in [0.25, 0.3) is 0 Å². The van der Waals surface area contributed by atoms with Crippen LogP contribution in [0.5, 0.6) is 11.5 Å². The van der Waals surface area contributed by atoms with Gasteiger partial charge in [0, 0.05) is 24.4 Å². The van der Waals surface area contributed by atoms with E-state index in [-0.39, 0.29) is 36.7 Å². The average Bonchev–Trinajstić information content (AvgIpc) is 3.22. The van der Waals surface area contributed by atoms with Gasteiger partial charge in [-0.2, -0.15) is 0 Å². The van der Waals surface area contributed by atoms with Gasteiger partial charge in [0.05, 0.1) is 0 Å². The first-order valence-electron chi connectivity index (χ1n) is 8.64. The molecule has 1 aliphatic carbocycles. The maximum atomic E-state index is 12.6. The Balaban J connectivity index is 1.44. The van der Waals surface area contributed by atoms with Crippen LogP contribution in [0.15, 0.2) is 18.2 Å². The Labute approximate surface area is 141 Å². The summed E-state index contributed by atoms with van der Waals surface area (Å²) >= 11 is 0. The largest absolute Gasteiger partial charge is 0.454 e. The summed E-state index contributed by atoms with van der Waals surface area (Å²) in [7, 11) is 0. The lowest BCUT2D eigenvalue weighted by Crippen LogP contribution is -2.49. The fourth-order valence-corrected chi connectivity index (χ4v) is 3.82. The second kappa shape index (κ2) is 6.58. The van der Waals surface area contributed by atoms with E-state index in [0.717, 1.165) is 49.3 Å². The van der Waals surface area contributed by atoms with Crippen LogP contribution in [-0.2, 0) is 4.79 Å². The standard InChI is InChI=1S/C17H24N4O3/c18-12-3-1-2-11(6-12)17(22)20-16-13(8-19-21-16)10-4-5-14-15(7-10)24-9-23-14/h4-5,7,11-13,16,19,21H,1-3,6,8-9,18H2,(H,20,22). The van der Waals surface area contributed by atoms with Crippen molar-refractivity contribution in [2.45, 2.75) is 43.8 Å². The molecule has 2 fully saturated rings. The SMILES string of the molecule is NC1CCCC(C(=O)NC2NNCC2c2ccc3c(c2)OCO3)C1. The third-order valence-corrected chi connectivity index (χ3v) is 5.19. The second-order valence-electron chi connectivity index (χ2n) is 6.85. The zero-order valence-corrected chi connectivity index (χ0v) is 13.6. The molecule has 0 radical (unpaired) electrons. The van der Waals surface area contributed by atoms with Crippen LogP contribution in [0, 0.1) is 5.92 Å². The van der Waals surface area contributed by atoms with Crippen molar-refractivity contribution in [3.8, 4) is 11.5 Å². The maximum absolute atomic E-state index is 12.6. The van der Waals surface area contributed by atoms with Crippen molar-refractivity contribution < 1.29 is 14.3 Å². The van der Waals surface area contributed by atoms with Crippen LogP contribution in [0.4, 0.5) is 0 Å². The van der Waals surface area contributed by atoms with E-state index in [1.54, 1.807) is 0 Å². The second-order valence-corrected chi connectivity index (χ2v) is 6.85. The minimum Gasteiger partial charge on any atom is -0.454 e. The molecule has 5 N–H and O–H groups in total. The lowest BCUT2D eigenvalue weighted by molar-refractivity contribution is -0.127. The van der Waals surface area contributed by atoms with Gasteiger partial charge in [0.15, 0.2) is 11.5 Å². The Morgan fingerprint density at radius 2 is 2.12 bits per heavy atom. The Kier molecular flexibility index (Phi) is 4.30. The van der Waals surface area contributed by atoms with Crippen molar-refractivity contribution in [3.63, 3.8) is 0 Å². The smallest absolute Gasteiger partial charge is 0.231 e. The van der Waals surface area contributed by atoms with Crippen molar-refractivity contribution in [2.75, 3.05) is 13.3 Å². The van der Waals surface area contributed by atoms with Crippen molar-refractivity contribution in [2.24, 2.45) is 11.7 Å². The number of carbonyl (C=O) groups excluding carboxylic acids is 1. The molecule has 2 heterocycles. The fraction of sp³-hybridized carbons (Fsp3) is 0.588. The summed E-state index contributed by atoms with van der Waals surface area (Å²) in [5.74, 6) is 1.79. The Hall–Kier alpha value is -1.83. The summed E-state index contributed by atoms with van der Waals surface area (Å²) in [6, 6.07) is 6.10. The highest BCUT2D eigenvalue weighted by atomic mass is 16.7. The zero-order valence-electron chi connectivity index (χ0n) is 13.6. The first-order valence-corrected chi connectivity index (χ1v) is 8.64. The average molecular weight is 332 g/mol. The van der Waals surface area contributed by atoms with E-state index in [4.69, 9.17) is 15.2 Å². The number of hydrazine groups is 1. The van der Waals surface area contributed by atoms with Gasteiger partial charge in [0.2, 0.25) is 12.7 Å². The number of ether oxygens (including phenoxy) is 2. The first kappa shape index (κ1) is 15.7. The topological polar surface area (TPSA) is 97.6 Å². The summed E-state index contributed by atoms with van der Waals surface area (Å²) < 4.78 is 10.8. The van der Waals surface area contributed by atoms with Gasteiger partial charge in [-0.3, -0.25) is 10.2 Å². The van der Waals surface area contributed by atoms with Crippen molar-refractivity contribution in [3.05, 3.63) is 23.8 Å². The highest BCUT2D eigenvalue weighted by Gasteiger charge is 2.33. The predicted molar refractivity (Wildman–Crippen MR) is 88.3 cm³/mol. The van der Waals surface area contributed by atoms with E-state index in [9.17, 15) is 4.79 Å². The molecule has 1 aromatic rings. The number of rotatable bonds is 3. The van der Waals surface area contributed by atoms with E-state index in [2.05, 4.69) is 16.2 Å². The molecule has 4 atom stereocenters. The molecule has 2 aliphatic heterocycles. The van der Waals surface area contributed by atoms with Crippen LogP contribution < -0.4 is 31.4 Å². The fourth-order valence-electron chi connectivity index (χ4n) is 3.82. The van der Waals surface area contributed by atoms with Crippen LogP contribution in [0.2, 0.25) is 0 Å². The third kappa shape index (κ3) is 3.07. The molecule has 0 spiro atoms. The van der Waals surface area contributed by atoms with Crippen molar-refractivity contribution >= 4 is 5.91 Å². The van der Waals surface area contributed by atoms with Gasteiger partial charge in [0.1, 0.15) is 6.17 Å². The molecule has 4 rings (SSSR count). The maximum Gasteiger partial charge on any atom is 0.231 e. The highest BCUT2D eigenvalue weighted by molar-refractivity contribution is 5.79. The normalized spacial score (nSPS) is 31.9. The molecule has 7 heteroatoms. The van der Waals surface area contributed by atoms with Gasteiger partial charge in [0.25, 0.3) is 0 Å². The first-order chi connectivity index (χ1) is 11.7. The van der Waals surface area contributed by atoms with Crippen LogP contribution in [-0.4, -0.2) is 31.5 Å². The molecule has 130 valence electrons. The van der Waals surface area contributed by atoms with E-state index in [1.807, 2.05) is 18.2 Å². The predicted octanol–water partition coefficient (Wildman–Crippen LogP) is 0.567.